The normalized spacial score (nSPS) is 11.8. The van der Waals surface area contributed by atoms with Gasteiger partial charge in [0.05, 0.1) is 0 Å². The van der Waals surface area contributed by atoms with Gasteiger partial charge in [-0.1, -0.05) is 0 Å². The van der Waals surface area contributed by atoms with E-state index >= 15 is 0 Å². The standard InChI is InChI=1S/C6H9NO2S2/c1-11(8,9)6-5(4-7)2-3-10-6/h2-3H,4,7H2,1H3. The Labute approximate surface area is 69.8 Å². The van der Waals surface area contributed by atoms with Crippen molar-refractivity contribution < 1.29 is 8.42 Å². The summed E-state index contributed by atoms with van der Waals surface area (Å²) in [5, 5.41) is 1.73. The summed E-state index contributed by atoms with van der Waals surface area (Å²) < 4.78 is 22.4. The maximum Gasteiger partial charge on any atom is 0.185 e. The van der Waals surface area contributed by atoms with Crippen LogP contribution >= 0.6 is 11.3 Å². The van der Waals surface area contributed by atoms with Gasteiger partial charge in [-0.25, -0.2) is 8.42 Å². The minimum Gasteiger partial charge on any atom is -0.326 e. The fraction of sp³-hybridized carbons (Fsp3) is 0.333. The smallest absolute Gasteiger partial charge is 0.185 e. The summed E-state index contributed by atoms with van der Waals surface area (Å²) in [6, 6.07) is 1.74. The Morgan fingerprint density at radius 3 is 2.64 bits per heavy atom. The molecule has 0 spiro atoms. The molecule has 1 aromatic heterocycles. The average Bonchev–Trinajstić information content (AvgIpc) is 2.31. The molecule has 0 aliphatic rings. The van der Waals surface area contributed by atoms with E-state index in [-0.39, 0.29) is 6.54 Å². The molecule has 2 N–H and O–H groups in total. The van der Waals surface area contributed by atoms with Crippen LogP contribution in [0.1, 0.15) is 5.56 Å². The molecule has 0 atom stereocenters. The van der Waals surface area contributed by atoms with Crippen molar-refractivity contribution >= 4 is 21.2 Å². The van der Waals surface area contributed by atoms with Crippen molar-refractivity contribution in [3.05, 3.63) is 17.0 Å². The van der Waals surface area contributed by atoms with Gasteiger partial charge >= 0.3 is 0 Å². The third-order valence-corrected chi connectivity index (χ3v) is 4.14. The minimum atomic E-state index is -3.06. The molecule has 5 heteroatoms. The molecule has 11 heavy (non-hydrogen) atoms. The van der Waals surface area contributed by atoms with Gasteiger partial charge in [0.2, 0.25) is 0 Å². The van der Waals surface area contributed by atoms with E-state index < -0.39 is 9.84 Å². The molecule has 0 amide bonds. The maximum atomic E-state index is 11.0. The molecule has 1 heterocycles. The lowest BCUT2D eigenvalue weighted by atomic mass is 10.3. The molecule has 1 rings (SSSR count). The van der Waals surface area contributed by atoms with Crippen molar-refractivity contribution in [1.29, 1.82) is 0 Å². The molecule has 0 aliphatic heterocycles. The predicted octanol–water partition coefficient (Wildman–Crippen LogP) is 0.610. The molecule has 3 nitrogen and oxygen atoms in total. The number of hydrogen-bond donors (Lipinski definition) is 1. The highest BCUT2D eigenvalue weighted by atomic mass is 32.2. The van der Waals surface area contributed by atoms with Crippen LogP contribution in [0.25, 0.3) is 0 Å². The Kier molecular flexibility index (Phi) is 2.31. The molecular weight excluding hydrogens is 182 g/mol. The van der Waals surface area contributed by atoms with Gasteiger partial charge in [-0.15, -0.1) is 11.3 Å². The van der Waals surface area contributed by atoms with E-state index in [0.717, 1.165) is 0 Å². The second kappa shape index (κ2) is 2.92. The SMILES string of the molecule is CS(=O)(=O)c1sccc1CN. The van der Waals surface area contributed by atoms with Crippen molar-refractivity contribution in [1.82, 2.24) is 0 Å². The number of hydrogen-bond acceptors (Lipinski definition) is 4. The van der Waals surface area contributed by atoms with Crippen LogP contribution in [0.15, 0.2) is 15.7 Å². The fourth-order valence-corrected chi connectivity index (χ4v) is 2.95. The van der Waals surface area contributed by atoms with Crippen LogP contribution in [-0.2, 0) is 16.4 Å². The van der Waals surface area contributed by atoms with E-state index in [4.69, 9.17) is 5.73 Å². The number of nitrogens with two attached hydrogens (primary N) is 1. The number of rotatable bonds is 2. The summed E-state index contributed by atoms with van der Waals surface area (Å²) >= 11 is 1.21. The monoisotopic (exact) mass is 191 g/mol. The highest BCUT2D eigenvalue weighted by molar-refractivity contribution is 7.92. The summed E-state index contributed by atoms with van der Waals surface area (Å²) in [7, 11) is -3.06. The summed E-state index contributed by atoms with van der Waals surface area (Å²) in [6.45, 7) is 0.284. The molecule has 0 radical (unpaired) electrons. The van der Waals surface area contributed by atoms with Gasteiger partial charge < -0.3 is 5.73 Å². The third-order valence-electron chi connectivity index (χ3n) is 1.26. The molecule has 1 aromatic rings. The Bertz CT molecular complexity index is 339. The lowest BCUT2D eigenvalue weighted by molar-refractivity contribution is 0.603. The van der Waals surface area contributed by atoms with Crippen molar-refractivity contribution in [2.24, 2.45) is 5.73 Å². The van der Waals surface area contributed by atoms with Gasteiger partial charge in [-0.3, -0.25) is 0 Å². The lowest BCUT2D eigenvalue weighted by Gasteiger charge is -1.95. The second-order valence-electron chi connectivity index (χ2n) is 2.21. The lowest BCUT2D eigenvalue weighted by Crippen LogP contribution is -2.02. The minimum absolute atomic E-state index is 0.284. The topological polar surface area (TPSA) is 60.2 Å². The summed E-state index contributed by atoms with van der Waals surface area (Å²) in [6.07, 6.45) is 1.19. The van der Waals surface area contributed by atoms with Gasteiger partial charge in [-0.2, -0.15) is 0 Å². The first kappa shape index (κ1) is 8.70. The Morgan fingerprint density at radius 1 is 1.64 bits per heavy atom. The Hall–Kier alpha value is -0.390. The fourth-order valence-electron chi connectivity index (χ4n) is 0.799. The maximum absolute atomic E-state index is 11.0. The highest BCUT2D eigenvalue weighted by Gasteiger charge is 2.12. The average molecular weight is 191 g/mol. The van der Waals surface area contributed by atoms with Crippen molar-refractivity contribution in [3.8, 4) is 0 Å². The molecular formula is C6H9NO2S2. The largest absolute Gasteiger partial charge is 0.326 e. The van der Waals surface area contributed by atoms with Crippen LogP contribution in [0.3, 0.4) is 0 Å². The van der Waals surface area contributed by atoms with E-state index in [9.17, 15) is 8.42 Å². The third kappa shape index (κ3) is 1.79. The quantitative estimate of drug-likeness (QED) is 0.745. The molecule has 0 aromatic carbocycles. The first-order valence-electron chi connectivity index (χ1n) is 3.02. The predicted molar refractivity (Wildman–Crippen MR) is 45.3 cm³/mol. The Morgan fingerprint density at radius 2 is 2.27 bits per heavy atom. The zero-order valence-corrected chi connectivity index (χ0v) is 7.71. The zero-order valence-electron chi connectivity index (χ0n) is 6.07. The highest BCUT2D eigenvalue weighted by Crippen LogP contribution is 2.21. The number of thiophene rings is 1. The van der Waals surface area contributed by atoms with Gasteiger partial charge in [0, 0.05) is 12.8 Å². The van der Waals surface area contributed by atoms with Crippen molar-refractivity contribution in [2.75, 3.05) is 6.26 Å². The van der Waals surface area contributed by atoms with Crippen LogP contribution in [0.4, 0.5) is 0 Å². The molecule has 0 saturated heterocycles. The van der Waals surface area contributed by atoms with Crippen molar-refractivity contribution in [2.45, 2.75) is 10.8 Å². The van der Waals surface area contributed by atoms with Gasteiger partial charge in [-0.05, 0) is 17.0 Å². The molecule has 0 fully saturated rings. The number of sulfone groups is 1. The zero-order chi connectivity index (χ0) is 8.48. The summed E-state index contributed by atoms with van der Waals surface area (Å²) in [4.78, 5) is 0. The van der Waals surface area contributed by atoms with Crippen LogP contribution in [0.2, 0.25) is 0 Å². The van der Waals surface area contributed by atoms with E-state index in [0.29, 0.717) is 9.77 Å². The first-order valence-corrected chi connectivity index (χ1v) is 5.79. The van der Waals surface area contributed by atoms with Gasteiger partial charge in [0.25, 0.3) is 0 Å². The van der Waals surface area contributed by atoms with Crippen LogP contribution in [0.5, 0.6) is 0 Å². The van der Waals surface area contributed by atoms with Crippen molar-refractivity contribution in [3.63, 3.8) is 0 Å². The van der Waals surface area contributed by atoms with Crippen LogP contribution in [0, 0.1) is 0 Å². The second-order valence-corrected chi connectivity index (χ2v) is 5.34. The molecule has 0 bridgehead atoms. The molecule has 0 aliphatic carbocycles. The molecule has 0 saturated carbocycles. The van der Waals surface area contributed by atoms with E-state index in [1.54, 1.807) is 11.4 Å². The van der Waals surface area contributed by atoms with E-state index in [2.05, 4.69) is 0 Å². The first-order chi connectivity index (χ1) is 5.05. The van der Waals surface area contributed by atoms with E-state index in [1.807, 2.05) is 0 Å². The van der Waals surface area contributed by atoms with Gasteiger partial charge in [0.1, 0.15) is 4.21 Å². The van der Waals surface area contributed by atoms with Gasteiger partial charge in [0.15, 0.2) is 9.84 Å². The summed E-state index contributed by atoms with van der Waals surface area (Å²) in [5.41, 5.74) is 6.04. The molecule has 62 valence electrons. The summed E-state index contributed by atoms with van der Waals surface area (Å²) in [5.74, 6) is 0. The van der Waals surface area contributed by atoms with Crippen LogP contribution < -0.4 is 5.73 Å². The molecule has 0 unspecified atom stereocenters. The van der Waals surface area contributed by atoms with E-state index in [1.165, 1.54) is 17.6 Å². The van der Waals surface area contributed by atoms with Crippen LogP contribution in [-0.4, -0.2) is 14.7 Å². The Balaban J connectivity index is 3.24.